The molecule has 0 amide bonds. The summed E-state index contributed by atoms with van der Waals surface area (Å²) in [5, 5.41) is 0.328. The molecule has 1 aromatic carbocycles. The first-order chi connectivity index (χ1) is 8.04. The molecule has 1 aromatic heterocycles. The van der Waals surface area contributed by atoms with E-state index < -0.39 is 17.2 Å². The van der Waals surface area contributed by atoms with E-state index in [1.165, 1.54) is 19.2 Å². The van der Waals surface area contributed by atoms with Crippen molar-refractivity contribution in [1.82, 2.24) is 9.97 Å². The largest absolute Gasteiger partial charge is 0.465 e. The summed E-state index contributed by atoms with van der Waals surface area (Å²) in [4.78, 5) is 38.8. The fourth-order valence-corrected chi connectivity index (χ4v) is 1.71. The first kappa shape index (κ1) is 11.1. The number of esters is 1. The Morgan fingerprint density at radius 2 is 1.94 bits per heavy atom. The molecule has 0 aliphatic rings. The first-order valence-electron chi connectivity index (χ1n) is 4.89. The van der Waals surface area contributed by atoms with Crippen LogP contribution < -0.4 is 11.2 Å². The van der Waals surface area contributed by atoms with Crippen LogP contribution in [0.25, 0.3) is 10.9 Å². The third-order valence-electron chi connectivity index (χ3n) is 2.58. The maximum Gasteiger partial charge on any atom is 0.338 e. The Hall–Kier alpha value is -2.37. The molecule has 0 saturated heterocycles. The van der Waals surface area contributed by atoms with Crippen molar-refractivity contribution >= 4 is 16.9 Å². The Morgan fingerprint density at radius 1 is 1.24 bits per heavy atom. The lowest BCUT2D eigenvalue weighted by Crippen LogP contribution is -2.22. The Morgan fingerprint density at radius 3 is 2.59 bits per heavy atom. The number of methoxy groups -OCH3 is 1. The Kier molecular flexibility index (Phi) is 2.55. The molecule has 88 valence electrons. The molecule has 6 nitrogen and oxygen atoms in total. The van der Waals surface area contributed by atoms with E-state index in [1.807, 2.05) is 0 Å². The van der Waals surface area contributed by atoms with Gasteiger partial charge in [-0.05, 0) is 24.6 Å². The monoisotopic (exact) mass is 234 g/mol. The molecule has 2 N–H and O–H groups in total. The summed E-state index contributed by atoms with van der Waals surface area (Å²) in [7, 11) is 1.27. The quantitative estimate of drug-likeness (QED) is 0.694. The molecule has 2 aromatic rings. The topological polar surface area (TPSA) is 92.0 Å². The van der Waals surface area contributed by atoms with E-state index in [-0.39, 0.29) is 0 Å². The van der Waals surface area contributed by atoms with Gasteiger partial charge in [0.2, 0.25) is 0 Å². The van der Waals surface area contributed by atoms with Gasteiger partial charge in [-0.25, -0.2) is 9.59 Å². The second-order valence-electron chi connectivity index (χ2n) is 3.56. The third-order valence-corrected chi connectivity index (χ3v) is 2.58. The number of H-pyrrole nitrogens is 2. The van der Waals surface area contributed by atoms with Crippen molar-refractivity contribution in [3.8, 4) is 0 Å². The normalized spacial score (nSPS) is 10.5. The molecule has 2 rings (SSSR count). The average molecular weight is 234 g/mol. The lowest BCUT2D eigenvalue weighted by atomic mass is 10.1. The maximum atomic E-state index is 11.5. The summed E-state index contributed by atoms with van der Waals surface area (Å²) < 4.78 is 4.61. The Labute approximate surface area is 95.2 Å². The van der Waals surface area contributed by atoms with Crippen molar-refractivity contribution in [3.05, 3.63) is 44.1 Å². The van der Waals surface area contributed by atoms with Gasteiger partial charge in [0.1, 0.15) is 0 Å². The van der Waals surface area contributed by atoms with Crippen molar-refractivity contribution in [2.75, 3.05) is 7.11 Å². The Balaban J connectivity index is 2.89. The van der Waals surface area contributed by atoms with Gasteiger partial charge in [-0.1, -0.05) is 0 Å². The fourth-order valence-electron chi connectivity index (χ4n) is 1.71. The van der Waals surface area contributed by atoms with Crippen LogP contribution in [0.1, 0.15) is 15.9 Å². The van der Waals surface area contributed by atoms with Gasteiger partial charge < -0.3 is 9.72 Å². The van der Waals surface area contributed by atoms with Gasteiger partial charge in [0.05, 0.1) is 23.6 Å². The molecule has 17 heavy (non-hydrogen) atoms. The number of benzene rings is 1. The number of carbonyl (C=O) groups is 1. The fraction of sp³-hybridized carbons (Fsp3) is 0.182. The van der Waals surface area contributed by atoms with Crippen molar-refractivity contribution in [2.24, 2.45) is 0 Å². The molecule has 0 bridgehead atoms. The highest BCUT2D eigenvalue weighted by Gasteiger charge is 2.13. The van der Waals surface area contributed by atoms with E-state index in [2.05, 4.69) is 14.7 Å². The van der Waals surface area contributed by atoms with Crippen molar-refractivity contribution in [2.45, 2.75) is 6.92 Å². The summed E-state index contributed by atoms with van der Waals surface area (Å²) in [5.41, 5.74) is 0.0938. The van der Waals surface area contributed by atoms with Crippen LogP contribution in [0.5, 0.6) is 0 Å². The molecule has 0 unspecified atom stereocenters. The SMILES string of the molecule is COC(=O)c1ccc2c(=O)[nH]c(=O)[nH]c2c1C. The van der Waals surface area contributed by atoms with Crippen LogP contribution in [0.3, 0.4) is 0 Å². The summed E-state index contributed by atoms with van der Waals surface area (Å²) in [6, 6.07) is 2.97. The van der Waals surface area contributed by atoms with Gasteiger partial charge in [0.15, 0.2) is 0 Å². The molecule has 1 heterocycles. The number of aromatic nitrogens is 2. The minimum atomic E-state index is -0.604. The van der Waals surface area contributed by atoms with Gasteiger partial charge in [-0.3, -0.25) is 9.78 Å². The van der Waals surface area contributed by atoms with Gasteiger partial charge in [-0.2, -0.15) is 0 Å². The van der Waals surface area contributed by atoms with Crippen LogP contribution in [0.2, 0.25) is 0 Å². The zero-order chi connectivity index (χ0) is 12.6. The van der Waals surface area contributed by atoms with Gasteiger partial charge in [0.25, 0.3) is 5.56 Å². The molecule has 0 aliphatic carbocycles. The zero-order valence-electron chi connectivity index (χ0n) is 9.29. The summed E-state index contributed by atoms with van der Waals surface area (Å²) >= 11 is 0. The number of fused-ring (bicyclic) bond motifs is 1. The van der Waals surface area contributed by atoms with Crippen molar-refractivity contribution in [1.29, 1.82) is 0 Å². The van der Waals surface area contributed by atoms with Gasteiger partial charge in [0, 0.05) is 0 Å². The maximum absolute atomic E-state index is 11.5. The minimum absolute atomic E-state index is 0.321. The first-order valence-corrected chi connectivity index (χ1v) is 4.89. The summed E-state index contributed by atoms with van der Waals surface area (Å²) in [6.45, 7) is 1.64. The highest BCUT2D eigenvalue weighted by atomic mass is 16.5. The van der Waals surface area contributed by atoms with E-state index in [4.69, 9.17) is 0 Å². The van der Waals surface area contributed by atoms with E-state index in [1.54, 1.807) is 6.92 Å². The molecule has 0 atom stereocenters. The second kappa shape index (κ2) is 3.89. The summed E-state index contributed by atoms with van der Waals surface area (Å²) in [5.74, 6) is -0.509. The van der Waals surface area contributed by atoms with Crippen LogP contribution in [-0.4, -0.2) is 23.0 Å². The molecule has 0 aliphatic heterocycles. The van der Waals surface area contributed by atoms with Gasteiger partial charge >= 0.3 is 11.7 Å². The standard InChI is InChI=1S/C11H10N2O4/c1-5-6(10(15)17-2)3-4-7-8(5)12-11(16)13-9(7)14/h3-4H,1-2H3,(H2,12,13,14,16). The number of aromatic amines is 2. The molecule has 0 spiro atoms. The van der Waals surface area contributed by atoms with E-state index >= 15 is 0 Å². The predicted molar refractivity (Wildman–Crippen MR) is 61.3 cm³/mol. The van der Waals surface area contributed by atoms with Crippen molar-refractivity contribution in [3.63, 3.8) is 0 Å². The van der Waals surface area contributed by atoms with Crippen LogP contribution in [-0.2, 0) is 4.74 Å². The third kappa shape index (κ3) is 1.73. The zero-order valence-corrected chi connectivity index (χ0v) is 9.29. The molecule has 0 radical (unpaired) electrons. The second-order valence-corrected chi connectivity index (χ2v) is 3.56. The molecular formula is C11H10N2O4. The smallest absolute Gasteiger partial charge is 0.338 e. The summed E-state index contributed by atoms with van der Waals surface area (Å²) in [6.07, 6.45) is 0. The van der Waals surface area contributed by atoms with Crippen LogP contribution in [0.4, 0.5) is 0 Å². The highest BCUT2D eigenvalue weighted by molar-refractivity contribution is 5.96. The van der Waals surface area contributed by atoms with E-state index in [0.717, 1.165) is 0 Å². The number of hydrogen-bond acceptors (Lipinski definition) is 4. The van der Waals surface area contributed by atoms with E-state index in [0.29, 0.717) is 22.0 Å². The molecule has 0 fully saturated rings. The number of aryl methyl sites for hydroxylation is 1. The van der Waals surface area contributed by atoms with E-state index in [9.17, 15) is 14.4 Å². The lowest BCUT2D eigenvalue weighted by Gasteiger charge is -2.06. The number of nitrogens with one attached hydrogen (secondary N) is 2. The molecule has 6 heteroatoms. The number of carbonyl (C=O) groups excluding carboxylic acids is 1. The Bertz CT molecular complexity index is 711. The number of ether oxygens (including phenoxy) is 1. The van der Waals surface area contributed by atoms with Crippen LogP contribution in [0.15, 0.2) is 21.7 Å². The molecular weight excluding hydrogens is 224 g/mol. The van der Waals surface area contributed by atoms with Gasteiger partial charge in [-0.15, -0.1) is 0 Å². The molecule has 0 saturated carbocycles. The van der Waals surface area contributed by atoms with Crippen LogP contribution in [0, 0.1) is 6.92 Å². The van der Waals surface area contributed by atoms with Crippen LogP contribution >= 0.6 is 0 Å². The number of rotatable bonds is 1. The average Bonchev–Trinajstić information content (AvgIpc) is 2.29. The number of hydrogen-bond donors (Lipinski definition) is 2. The minimum Gasteiger partial charge on any atom is -0.465 e. The lowest BCUT2D eigenvalue weighted by molar-refractivity contribution is 0.0600. The highest BCUT2D eigenvalue weighted by Crippen LogP contribution is 2.16. The predicted octanol–water partition coefficient (Wildman–Crippen LogP) is 0.311. The van der Waals surface area contributed by atoms with Crippen molar-refractivity contribution < 1.29 is 9.53 Å².